The van der Waals surface area contributed by atoms with Crippen LogP contribution in [0.1, 0.15) is 12.5 Å². The van der Waals surface area contributed by atoms with Crippen LogP contribution in [0, 0.1) is 0 Å². The first-order valence-corrected chi connectivity index (χ1v) is 11.0. The Morgan fingerprint density at radius 3 is 2.77 bits per heavy atom. The second-order valence-electron chi connectivity index (χ2n) is 6.97. The number of para-hydroxylation sites is 2. The monoisotopic (exact) mass is 437 g/mol. The van der Waals surface area contributed by atoms with Gasteiger partial charge in [0, 0.05) is 18.2 Å². The number of nitrogens with one attached hydrogen (secondary N) is 1. The van der Waals surface area contributed by atoms with Gasteiger partial charge in [-0.1, -0.05) is 49.0 Å². The van der Waals surface area contributed by atoms with Crippen molar-refractivity contribution in [1.29, 1.82) is 0 Å². The van der Waals surface area contributed by atoms with Gasteiger partial charge in [-0.2, -0.15) is 0 Å². The molecule has 0 saturated carbocycles. The highest BCUT2D eigenvalue weighted by atomic mass is 32.2. The van der Waals surface area contributed by atoms with Crippen LogP contribution in [0.5, 0.6) is 0 Å². The average molecular weight is 438 g/mol. The number of ether oxygens (including phenoxy) is 1. The van der Waals surface area contributed by atoms with E-state index in [1.165, 1.54) is 16.3 Å². The summed E-state index contributed by atoms with van der Waals surface area (Å²) in [5, 5.41) is 4.19. The summed E-state index contributed by atoms with van der Waals surface area (Å²) in [4.78, 5) is 30.4. The number of carbonyl (C=O) groups excluding carboxylic acids is 1. The molecule has 160 valence electrons. The zero-order chi connectivity index (χ0) is 21.8. The molecule has 2 aromatic carbocycles. The molecular formula is C23H23N3O4S. The maximum atomic E-state index is 13.1. The third-order valence-corrected chi connectivity index (χ3v) is 5.95. The minimum Gasteiger partial charge on any atom is -0.448 e. The summed E-state index contributed by atoms with van der Waals surface area (Å²) in [7, 11) is 1.57. The van der Waals surface area contributed by atoms with E-state index in [1.54, 1.807) is 13.2 Å². The molecule has 0 atom stereocenters. The fraction of sp³-hybridized carbons (Fsp3) is 0.261. The van der Waals surface area contributed by atoms with Gasteiger partial charge in [-0.15, -0.1) is 0 Å². The third kappa shape index (κ3) is 4.35. The van der Waals surface area contributed by atoms with E-state index < -0.39 is 0 Å². The number of rotatable bonds is 8. The number of fused-ring (bicyclic) bond motifs is 3. The quantitative estimate of drug-likeness (QED) is 0.330. The van der Waals surface area contributed by atoms with E-state index in [9.17, 15) is 9.59 Å². The molecule has 0 aliphatic rings. The van der Waals surface area contributed by atoms with Crippen LogP contribution in [0.3, 0.4) is 0 Å². The molecular weight excluding hydrogens is 414 g/mol. The standard InChI is InChI=1S/C23H23N3O4S/c1-3-15-8-4-6-10-17(15)24-19(27)14-31-23-25-20-16-9-5-7-11-18(16)30-21(20)22(28)26(23)12-13-29-2/h4-11H,3,12-14H2,1-2H3,(H,24,27). The largest absolute Gasteiger partial charge is 0.448 e. The van der Waals surface area contributed by atoms with Crippen LogP contribution in [0.4, 0.5) is 5.69 Å². The number of anilines is 1. The van der Waals surface area contributed by atoms with Gasteiger partial charge in [0.2, 0.25) is 11.5 Å². The van der Waals surface area contributed by atoms with Gasteiger partial charge in [0.05, 0.1) is 18.9 Å². The Bertz CT molecular complexity index is 1300. The Morgan fingerprint density at radius 1 is 1.19 bits per heavy atom. The van der Waals surface area contributed by atoms with Crippen molar-refractivity contribution in [2.75, 3.05) is 24.8 Å². The number of aryl methyl sites for hydroxylation is 1. The first kappa shape index (κ1) is 21.1. The summed E-state index contributed by atoms with van der Waals surface area (Å²) in [5.41, 5.74) is 2.92. The fourth-order valence-corrected chi connectivity index (χ4v) is 4.23. The Kier molecular flexibility index (Phi) is 6.39. The van der Waals surface area contributed by atoms with Gasteiger partial charge >= 0.3 is 0 Å². The van der Waals surface area contributed by atoms with Gasteiger partial charge in [0.15, 0.2) is 5.16 Å². The fourth-order valence-electron chi connectivity index (χ4n) is 3.41. The predicted molar refractivity (Wildman–Crippen MR) is 123 cm³/mol. The molecule has 0 bridgehead atoms. The lowest BCUT2D eigenvalue weighted by Crippen LogP contribution is -2.25. The maximum absolute atomic E-state index is 13.1. The lowest BCUT2D eigenvalue weighted by Gasteiger charge is -2.12. The molecule has 7 nitrogen and oxygen atoms in total. The number of hydrogen-bond acceptors (Lipinski definition) is 6. The molecule has 4 rings (SSSR count). The Labute approximate surface area is 183 Å². The van der Waals surface area contributed by atoms with Crippen LogP contribution in [0.15, 0.2) is 62.9 Å². The molecule has 0 unspecified atom stereocenters. The molecule has 0 saturated heterocycles. The molecule has 2 aromatic heterocycles. The Hall–Kier alpha value is -3.10. The highest BCUT2D eigenvalue weighted by Crippen LogP contribution is 2.27. The summed E-state index contributed by atoms with van der Waals surface area (Å²) in [6.07, 6.45) is 0.825. The minimum absolute atomic E-state index is 0.124. The Balaban J connectivity index is 1.64. The molecule has 1 N–H and O–H groups in total. The van der Waals surface area contributed by atoms with E-state index in [0.717, 1.165) is 23.1 Å². The van der Waals surface area contributed by atoms with Crippen LogP contribution in [-0.2, 0) is 22.5 Å². The van der Waals surface area contributed by atoms with Gasteiger partial charge in [-0.25, -0.2) is 4.98 Å². The van der Waals surface area contributed by atoms with E-state index in [4.69, 9.17) is 9.15 Å². The number of carbonyl (C=O) groups is 1. The van der Waals surface area contributed by atoms with Crippen molar-refractivity contribution in [3.05, 3.63) is 64.4 Å². The third-order valence-electron chi connectivity index (χ3n) is 4.97. The second-order valence-corrected chi connectivity index (χ2v) is 7.91. The molecule has 31 heavy (non-hydrogen) atoms. The highest BCUT2D eigenvalue weighted by Gasteiger charge is 2.18. The molecule has 0 fully saturated rings. The summed E-state index contributed by atoms with van der Waals surface area (Å²) in [6, 6.07) is 15.1. The van der Waals surface area contributed by atoms with Crippen molar-refractivity contribution in [3.63, 3.8) is 0 Å². The van der Waals surface area contributed by atoms with E-state index in [2.05, 4.69) is 10.3 Å². The van der Waals surface area contributed by atoms with Crippen molar-refractivity contribution in [2.45, 2.75) is 25.0 Å². The van der Waals surface area contributed by atoms with E-state index in [0.29, 0.717) is 29.4 Å². The lowest BCUT2D eigenvalue weighted by atomic mass is 10.1. The van der Waals surface area contributed by atoms with Crippen LogP contribution >= 0.6 is 11.8 Å². The number of methoxy groups -OCH3 is 1. The van der Waals surface area contributed by atoms with Crippen LogP contribution in [-0.4, -0.2) is 34.9 Å². The van der Waals surface area contributed by atoms with Gasteiger partial charge in [0.1, 0.15) is 11.1 Å². The van der Waals surface area contributed by atoms with E-state index in [-0.39, 0.29) is 22.8 Å². The highest BCUT2D eigenvalue weighted by molar-refractivity contribution is 7.99. The molecule has 2 heterocycles. The Morgan fingerprint density at radius 2 is 1.97 bits per heavy atom. The number of thioether (sulfide) groups is 1. The van der Waals surface area contributed by atoms with Crippen molar-refractivity contribution < 1.29 is 13.9 Å². The summed E-state index contributed by atoms with van der Waals surface area (Å²) >= 11 is 1.22. The first-order valence-electron chi connectivity index (χ1n) is 10.0. The topological polar surface area (TPSA) is 86.4 Å². The van der Waals surface area contributed by atoms with Crippen molar-refractivity contribution in [2.24, 2.45) is 0 Å². The number of aromatic nitrogens is 2. The number of benzene rings is 2. The van der Waals surface area contributed by atoms with E-state index >= 15 is 0 Å². The van der Waals surface area contributed by atoms with Crippen molar-refractivity contribution in [1.82, 2.24) is 9.55 Å². The zero-order valence-corrected chi connectivity index (χ0v) is 18.2. The first-order chi connectivity index (χ1) is 15.1. The normalized spacial score (nSPS) is 11.3. The maximum Gasteiger partial charge on any atom is 0.297 e. The van der Waals surface area contributed by atoms with Gasteiger partial charge in [-0.05, 0) is 30.2 Å². The molecule has 0 radical (unpaired) electrons. The van der Waals surface area contributed by atoms with Crippen LogP contribution < -0.4 is 10.9 Å². The number of furan rings is 1. The van der Waals surface area contributed by atoms with Crippen molar-refractivity contribution >= 4 is 45.4 Å². The lowest BCUT2D eigenvalue weighted by molar-refractivity contribution is -0.113. The molecule has 0 spiro atoms. The van der Waals surface area contributed by atoms with Gasteiger partial charge < -0.3 is 14.5 Å². The smallest absolute Gasteiger partial charge is 0.297 e. The SMILES string of the molecule is CCc1ccccc1NC(=O)CSc1nc2c(oc3ccccc32)c(=O)n1CCOC. The number of nitrogens with zero attached hydrogens (tertiary/aromatic N) is 2. The number of amides is 1. The molecule has 0 aliphatic heterocycles. The van der Waals surface area contributed by atoms with Crippen LogP contribution in [0.2, 0.25) is 0 Å². The minimum atomic E-state index is -0.280. The molecule has 8 heteroatoms. The average Bonchev–Trinajstić information content (AvgIpc) is 3.16. The molecule has 1 amide bonds. The van der Waals surface area contributed by atoms with Crippen LogP contribution in [0.25, 0.3) is 22.1 Å². The summed E-state index contributed by atoms with van der Waals surface area (Å²) in [6.45, 7) is 2.71. The summed E-state index contributed by atoms with van der Waals surface area (Å²) < 4.78 is 12.4. The zero-order valence-electron chi connectivity index (χ0n) is 17.4. The van der Waals surface area contributed by atoms with E-state index in [1.807, 2.05) is 49.4 Å². The predicted octanol–water partition coefficient (Wildman–Crippen LogP) is 4.08. The van der Waals surface area contributed by atoms with Crippen molar-refractivity contribution in [3.8, 4) is 0 Å². The second kappa shape index (κ2) is 9.36. The van der Waals surface area contributed by atoms with Gasteiger partial charge in [0.25, 0.3) is 5.56 Å². The molecule has 4 aromatic rings. The van der Waals surface area contributed by atoms with Gasteiger partial charge in [-0.3, -0.25) is 14.2 Å². The number of hydrogen-bond donors (Lipinski definition) is 1. The molecule has 0 aliphatic carbocycles. The summed E-state index contributed by atoms with van der Waals surface area (Å²) in [5.74, 6) is -0.0331.